The number of pyridine rings is 2. The van der Waals surface area contributed by atoms with Crippen LogP contribution in [0, 0.1) is 0 Å². The zero-order valence-corrected chi connectivity index (χ0v) is 30.1. The minimum absolute atomic E-state index is 0. The molecule has 0 unspecified atom stereocenters. The van der Waals surface area contributed by atoms with E-state index in [1.807, 2.05) is 72.8 Å². The Morgan fingerprint density at radius 3 is 1.50 bits per heavy atom. The van der Waals surface area contributed by atoms with Crippen LogP contribution in [-0.2, 0) is 0 Å². The maximum atomic E-state index is 6.16. The van der Waals surface area contributed by atoms with Gasteiger partial charge in [0.2, 0.25) is 0 Å². The average Bonchev–Trinajstić information content (AvgIpc) is 3.15. The lowest BCUT2D eigenvalue weighted by atomic mass is 10.2. The van der Waals surface area contributed by atoms with Crippen molar-refractivity contribution in [3.8, 4) is 22.8 Å². The minimum atomic E-state index is 0. The third-order valence-corrected chi connectivity index (χ3v) is 8.35. The van der Waals surface area contributed by atoms with Gasteiger partial charge in [0.05, 0.1) is 11.0 Å². The van der Waals surface area contributed by atoms with Gasteiger partial charge in [-0.3, -0.25) is 9.97 Å². The van der Waals surface area contributed by atoms with Crippen molar-refractivity contribution in [1.29, 1.82) is 0 Å². The Bertz CT molecular complexity index is 2380. The maximum absolute atomic E-state index is 6.16. The SMILES string of the molecule is C.Clc1ccc(Nc2nc(-c3cccnc3)nc3ccc(Cl)cc23)cc1.Clc1ccc2nc(-c3cccnc3)nc(Cl)c2c1.Nc1ccc(Cl)cc1. The van der Waals surface area contributed by atoms with E-state index < -0.39 is 0 Å². The summed E-state index contributed by atoms with van der Waals surface area (Å²) in [6.45, 7) is 0. The summed E-state index contributed by atoms with van der Waals surface area (Å²) in [4.78, 5) is 26.2. The van der Waals surface area contributed by atoms with Crippen molar-refractivity contribution in [2.45, 2.75) is 7.43 Å². The van der Waals surface area contributed by atoms with Gasteiger partial charge in [0.1, 0.15) is 11.0 Å². The topological polar surface area (TPSA) is 115 Å². The summed E-state index contributed by atoms with van der Waals surface area (Å²) in [6.07, 6.45) is 6.86. The van der Waals surface area contributed by atoms with E-state index in [-0.39, 0.29) is 7.43 Å². The predicted molar refractivity (Wildman–Crippen MR) is 218 cm³/mol. The molecule has 8 rings (SSSR count). The number of hydrogen-bond acceptors (Lipinski definition) is 8. The Balaban J connectivity index is 0.000000169. The van der Waals surface area contributed by atoms with Crippen LogP contribution in [0.15, 0.2) is 134 Å². The lowest BCUT2D eigenvalue weighted by Crippen LogP contribution is -1.99. The molecule has 0 aliphatic rings. The van der Waals surface area contributed by atoms with E-state index in [9.17, 15) is 0 Å². The minimum Gasteiger partial charge on any atom is -0.399 e. The molecule has 13 heteroatoms. The fourth-order valence-electron chi connectivity index (χ4n) is 4.64. The van der Waals surface area contributed by atoms with Crippen LogP contribution in [-0.4, -0.2) is 29.9 Å². The number of rotatable bonds is 4. The fraction of sp³-hybridized carbons (Fsp3) is 0.0256. The number of nitrogens with zero attached hydrogens (tertiary/aromatic N) is 6. The molecule has 0 bridgehead atoms. The van der Waals surface area contributed by atoms with Gasteiger partial charge in [-0.15, -0.1) is 0 Å². The van der Waals surface area contributed by atoms with Crippen LogP contribution in [0.4, 0.5) is 17.2 Å². The first-order valence-electron chi connectivity index (χ1n) is 15.2. The van der Waals surface area contributed by atoms with Crippen LogP contribution in [0.3, 0.4) is 0 Å². The lowest BCUT2D eigenvalue weighted by Gasteiger charge is -2.11. The molecule has 0 fully saturated rings. The summed E-state index contributed by atoms with van der Waals surface area (Å²) in [6, 6.07) is 32.9. The van der Waals surface area contributed by atoms with E-state index in [1.165, 1.54) is 0 Å². The smallest absolute Gasteiger partial charge is 0.163 e. The predicted octanol–water partition coefficient (Wildman–Crippen LogP) is 12.3. The molecular weight excluding hydrogens is 758 g/mol. The number of nitrogens with two attached hydrogens (primary N) is 1. The van der Waals surface area contributed by atoms with Crippen molar-refractivity contribution >= 4 is 97.0 Å². The molecule has 4 aromatic heterocycles. The molecule has 52 heavy (non-hydrogen) atoms. The van der Waals surface area contributed by atoms with Crippen LogP contribution in [0.5, 0.6) is 0 Å². The van der Waals surface area contributed by atoms with Gasteiger partial charge in [0, 0.05) is 78.2 Å². The summed E-state index contributed by atoms with van der Waals surface area (Å²) in [7, 11) is 0. The van der Waals surface area contributed by atoms with Crippen molar-refractivity contribution in [2.75, 3.05) is 11.1 Å². The highest BCUT2D eigenvalue weighted by Crippen LogP contribution is 2.30. The lowest BCUT2D eigenvalue weighted by molar-refractivity contribution is 1.20. The second kappa shape index (κ2) is 17.9. The maximum Gasteiger partial charge on any atom is 0.163 e. The summed E-state index contributed by atoms with van der Waals surface area (Å²) in [5.74, 6) is 1.83. The Labute approximate surface area is 325 Å². The highest BCUT2D eigenvalue weighted by Gasteiger charge is 2.11. The number of fused-ring (bicyclic) bond motifs is 2. The van der Waals surface area contributed by atoms with E-state index in [0.29, 0.717) is 37.7 Å². The summed E-state index contributed by atoms with van der Waals surface area (Å²) < 4.78 is 0. The van der Waals surface area contributed by atoms with Gasteiger partial charge in [-0.2, -0.15) is 0 Å². The zero-order valence-electron chi connectivity index (χ0n) is 26.4. The number of nitrogens with one attached hydrogen (secondary N) is 1. The highest BCUT2D eigenvalue weighted by molar-refractivity contribution is 6.36. The van der Waals surface area contributed by atoms with Gasteiger partial charge in [-0.25, -0.2) is 19.9 Å². The number of benzene rings is 4. The molecule has 4 heterocycles. The number of anilines is 3. The number of halogens is 5. The highest BCUT2D eigenvalue weighted by atomic mass is 35.5. The quantitative estimate of drug-likeness (QED) is 0.134. The Hall–Kier alpha value is -5.09. The second-order valence-corrected chi connectivity index (χ2v) is 12.8. The van der Waals surface area contributed by atoms with Crippen molar-refractivity contribution in [3.63, 3.8) is 0 Å². The first-order valence-corrected chi connectivity index (χ1v) is 17.1. The molecule has 0 aliphatic heterocycles. The molecular formula is C39H29Cl5N8. The third kappa shape index (κ3) is 10.0. The van der Waals surface area contributed by atoms with Crippen LogP contribution in [0.25, 0.3) is 44.6 Å². The average molecular weight is 787 g/mol. The molecule has 4 aromatic carbocycles. The third-order valence-electron chi connectivity index (χ3n) is 7.09. The van der Waals surface area contributed by atoms with Crippen molar-refractivity contribution in [1.82, 2.24) is 29.9 Å². The molecule has 8 nitrogen and oxygen atoms in total. The first kappa shape index (κ1) is 38.1. The van der Waals surface area contributed by atoms with Crippen molar-refractivity contribution in [2.24, 2.45) is 0 Å². The molecule has 0 aliphatic carbocycles. The molecule has 0 saturated heterocycles. The second-order valence-electron chi connectivity index (χ2n) is 10.7. The molecule has 8 aromatic rings. The van der Waals surface area contributed by atoms with E-state index in [0.717, 1.165) is 49.3 Å². The van der Waals surface area contributed by atoms with Gasteiger partial charge < -0.3 is 11.1 Å². The van der Waals surface area contributed by atoms with Gasteiger partial charge >= 0.3 is 0 Å². The van der Waals surface area contributed by atoms with Crippen LogP contribution >= 0.6 is 58.0 Å². The zero-order chi connectivity index (χ0) is 35.7. The number of aromatic nitrogens is 6. The molecule has 0 amide bonds. The van der Waals surface area contributed by atoms with Gasteiger partial charge in [-0.1, -0.05) is 65.4 Å². The van der Waals surface area contributed by atoms with E-state index in [2.05, 4.69) is 35.2 Å². The first-order chi connectivity index (χ1) is 24.7. The molecule has 0 spiro atoms. The van der Waals surface area contributed by atoms with Crippen LogP contribution < -0.4 is 11.1 Å². The standard InChI is InChI=1S/C19H12Cl2N4.C13H7Cl2N3.C6H6ClN.CH4/c20-13-3-6-15(7-4-13)23-19-16-10-14(21)5-8-17(16)24-18(25-19)12-2-1-9-22-11-12;14-9-3-4-11-10(6-9)12(15)18-13(17-11)8-2-1-5-16-7-8;7-5-1-3-6(8)4-2-5;/h1-11H,(H,23,24,25);1-7H;1-4H,8H2;1H4. The molecule has 3 N–H and O–H groups in total. The summed E-state index contributed by atoms with van der Waals surface area (Å²) in [5, 5.41) is 7.94. The Morgan fingerprint density at radius 2 is 0.981 bits per heavy atom. The normalized spacial score (nSPS) is 10.3. The van der Waals surface area contributed by atoms with Gasteiger partial charge in [0.25, 0.3) is 0 Å². The van der Waals surface area contributed by atoms with E-state index in [1.54, 1.807) is 61.2 Å². The number of hydrogen-bond donors (Lipinski definition) is 2. The van der Waals surface area contributed by atoms with Crippen LogP contribution in [0.2, 0.25) is 25.2 Å². The van der Waals surface area contributed by atoms with E-state index >= 15 is 0 Å². The van der Waals surface area contributed by atoms with Crippen LogP contribution in [0.1, 0.15) is 7.43 Å². The Morgan fingerprint density at radius 1 is 0.500 bits per heavy atom. The monoisotopic (exact) mass is 784 g/mol. The summed E-state index contributed by atoms with van der Waals surface area (Å²) in [5.41, 5.74) is 10.2. The molecule has 0 radical (unpaired) electrons. The number of nitrogen functional groups attached to an aromatic ring is 1. The summed E-state index contributed by atoms with van der Waals surface area (Å²) >= 11 is 29.8. The molecule has 260 valence electrons. The van der Waals surface area contributed by atoms with E-state index in [4.69, 9.17) is 63.7 Å². The van der Waals surface area contributed by atoms with Gasteiger partial charge in [0.15, 0.2) is 11.6 Å². The van der Waals surface area contributed by atoms with Crippen molar-refractivity contribution in [3.05, 3.63) is 159 Å². The van der Waals surface area contributed by atoms with Gasteiger partial charge in [-0.05, 0) is 109 Å². The molecule has 0 atom stereocenters. The molecule has 0 saturated carbocycles. The largest absolute Gasteiger partial charge is 0.399 e. The Kier molecular flexibility index (Phi) is 13.1. The fourth-order valence-corrected chi connectivity index (χ4v) is 5.47. The van der Waals surface area contributed by atoms with Crippen molar-refractivity contribution < 1.29 is 0 Å².